The van der Waals surface area contributed by atoms with Crippen LogP contribution in [0.25, 0.3) is 6.08 Å². The van der Waals surface area contributed by atoms with E-state index in [4.69, 9.17) is 4.74 Å². The number of hydrogen-bond acceptors (Lipinski definition) is 3. The average Bonchev–Trinajstić information content (AvgIpc) is 2.45. The van der Waals surface area contributed by atoms with Crippen molar-refractivity contribution in [2.45, 2.75) is 13.3 Å². The Morgan fingerprint density at radius 3 is 2.88 bits per heavy atom. The Kier molecular flexibility index (Phi) is 2.86. The van der Waals surface area contributed by atoms with Gasteiger partial charge in [0.15, 0.2) is 0 Å². The van der Waals surface area contributed by atoms with Crippen molar-refractivity contribution in [1.29, 1.82) is 0 Å². The number of esters is 1. The topological polar surface area (TPSA) is 38.7 Å². The van der Waals surface area contributed by atoms with Gasteiger partial charge in [0.25, 0.3) is 0 Å². The number of rotatable bonds is 1. The molecule has 1 aliphatic heterocycles. The van der Waals surface area contributed by atoms with Crippen molar-refractivity contribution >= 4 is 23.4 Å². The van der Waals surface area contributed by atoms with Gasteiger partial charge in [-0.25, -0.2) is 4.79 Å². The Labute approximate surface area is 94.5 Å². The number of hydrogen-bond donors (Lipinski definition) is 0. The first kappa shape index (κ1) is 10.6. The molecule has 0 saturated carbocycles. The lowest BCUT2D eigenvalue weighted by atomic mass is 10.1. The summed E-state index contributed by atoms with van der Waals surface area (Å²) >= 11 is 0. The second-order valence-corrected chi connectivity index (χ2v) is 3.74. The van der Waals surface area contributed by atoms with E-state index in [9.17, 15) is 4.79 Å². The zero-order valence-corrected chi connectivity index (χ0v) is 9.36. The standard InChI is InChI=1S/C13H13NO2/c1-9-7-11(13(15)16-2)8-10-5-3-4-6-12(10)14-9/h3-6,8H,7H2,1-2H3. The average molecular weight is 215 g/mol. The Hall–Kier alpha value is -1.90. The smallest absolute Gasteiger partial charge is 0.334 e. The first-order valence-corrected chi connectivity index (χ1v) is 5.13. The Balaban J connectivity index is 2.51. The molecule has 0 unspecified atom stereocenters. The summed E-state index contributed by atoms with van der Waals surface area (Å²) in [6.07, 6.45) is 2.39. The predicted molar refractivity (Wildman–Crippen MR) is 63.8 cm³/mol. The maximum atomic E-state index is 11.5. The molecule has 0 radical (unpaired) electrons. The normalized spacial score (nSPS) is 14.4. The molecule has 0 fully saturated rings. The Bertz CT molecular complexity index is 486. The first-order chi connectivity index (χ1) is 7.70. The monoisotopic (exact) mass is 215 g/mol. The van der Waals surface area contributed by atoms with E-state index in [1.54, 1.807) is 0 Å². The van der Waals surface area contributed by atoms with Crippen LogP contribution in [0.4, 0.5) is 5.69 Å². The molecule has 0 amide bonds. The number of para-hydroxylation sites is 1. The third-order valence-electron chi connectivity index (χ3n) is 2.47. The van der Waals surface area contributed by atoms with Crippen LogP contribution in [0.15, 0.2) is 34.8 Å². The SMILES string of the molecule is COC(=O)C1=Cc2ccccc2N=C(C)C1. The number of ether oxygens (including phenoxy) is 1. The fraction of sp³-hybridized carbons (Fsp3) is 0.231. The van der Waals surface area contributed by atoms with Gasteiger partial charge in [0.1, 0.15) is 0 Å². The molecule has 16 heavy (non-hydrogen) atoms. The highest BCUT2D eigenvalue weighted by Crippen LogP contribution is 2.26. The summed E-state index contributed by atoms with van der Waals surface area (Å²) in [5.74, 6) is -0.286. The second kappa shape index (κ2) is 4.31. The largest absolute Gasteiger partial charge is 0.466 e. The van der Waals surface area contributed by atoms with Crippen LogP contribution in [0.5, 0.6) is 0 Å². The molecule has 3 heteroatoms. The minimum atomic E-state index is -0.286. The number of carbonyl (C=O) groups excluding carboxylic acids is 1. The van der Waals surface area contributed by atoms with Crippen LogP contribution in [-0.4, -0.2) is 18.8 Å². The molecule has 82 valence electrons. The molecule has 0 aromatic heterocycles. The second-order valence-electron chi connectivity index (χ2n) is 3.74. The summed E-state index contributed by atoms with van der Waals surface area (Å²) in [5, 5.41) is 0. The molecule has 1 aromatic rings. The van der Waals surface area contributed by atoms with Gasteiger partial charge in [-0.1, -0.05) is 18.2 Å². The molecular weight excluding hydrogens is 202 g/mol. The molecule has 1 aliphatic rings. The maximum Gasteiger partial charge on any atom is 0.334 e. The van der Waals surface area contributed by atoms with Crippen molar-refractivity contribution in [3.63, 3.8) is 0 Å². The molecule has 1 aromatic carbocycles. The predicted octanol–water partition coefficient (Wildman–Crippen LogP) is 2.74. The number of carbonyl (C=O) groups is 1. The maximum absolute atomic E-state index is 11.5. The van der Waals surface area contributed by atoms with E-state index in [0.29, 0.717) is 12.0 Å². The summed E-state index contributed by atoms with van der Waals surface area (Å²) < 4.78 is 4.75. The number of methoxy groups -OCH3 is 1. The molecule has 0 spiro atoms. The molecule has 0 N–H and O–H groups in total. The van der Waals surface area contributed by atoms with Gasteiger partial charge in [-0.2, -0.15) is 0 Å². The molecule has 2 rings (SSSR count). The summed E-state index contributed by atoms with van der Waals surface area (Å²) in [6.45, 7) is 1.92. The minimum Gasteiger partial charge on any atom is -0.466 e. The van der Waals surface area contributed by atoms with E-state index in [-0.39, 0.29) is 5.97 Å². The lowest BCUT2D eigenvalue weighted by Gasteiger charge is -2.02. The van der Waals surface area contributed by atoms with Crippen LogP contribution in [0, 0.1) is 0 Å². The van der Waals surface area contributed by atoms with Gasteiger partial charge in [-0.05, 0) is 19.1 Å². The summed E-state index contributed by atoms with van der Waals surface area (Å²) in [7, 11) is 1.40. The molecular formula is C13H13NO2. The highest BCUT2D eigenvalue weighted by Gasteiger charge is 2.15. The van der Waals surface area contributed by atoms with Crippen LogP contribution >= 0.6 is 0 Å². The van der Waals surface area contributed by atoms with E-state index >= 15 is 0 Å². The van der Waals surface area contributed by atoms with Crippen molar-refractivity contribution in [1.82, 2.24) is 0 Å². The van der Waals surface area contributed by atoms with Crippen molar-refractivity contribution in [2.75, 3.05) is 7.11 Å². The van der Waals surface area contributed by atoms with Gasteiger partial charge in [0.05, 0.1) is 12.8 Å². The fourth-order valence-corrected chi connectivity index (χ4v) is 1.73. The number of nitrogens with zero attached hydrogens (tertiary/aromatic N) is 1. The summed E-state index contributed by atoms with van der Waals surface area (Å²) in [4.78, 5) is 16.0. The highest BCUT2D eigenvalue weighted by atomic mass is 16.5. The van der Waals surface area contributed by atoms with Crippen LogP contribution in [0.2, 0.25) is 0 Å². The van der Waals surface area contributed by atoms with Crippen molar-refractivity contribution in [3.05, 3.63) is 35.4 Å². The third kappa shape index (κ3) is 2.03. The fourth-order valence-electron chi connectivity index (χ4n) is 1.73. The molecule has 0 atom stereocenters. The van der Waals surface area contributed by atoms with Gasteiger partial charge < -0.3 is 4.74 Å². The lowest BCUT2D eigenvalue weighted by molar-refractivity contribution is -0.136. The summed E-state index contributed by atoms with van der Waals surface area (Å²) in [6, 6.07) is 7.75. The van der Waals surface area contributed by atoms with Gasteiger partial charge in [-0.15, -0.1) is 0 Å². The molecule has 0 aliphatic carbocycles. The minimum absolute atomic E-state index is 0.286. The zero-order valence-electron chi connectivity index (χ0n) is 9.36. The zero-order chi connectivity index (χ0) is 11.5. The first-order valence-electron chi connectivity index (χ1n) is 5.13. The van der Waals surface area contributed by atoms with Crippen molar-refractivity contribution < 1.29 is 9.53 Å². The van der Waals surface area contributed by atoms with Gasteiger partial charge >= 0.3 is 5.97 Å². The van der Waals surface area contributed by atoms with E-state index in [2.05, 4.69) is 4.99 Å². The summed E-state index contributed by atoms with van der Waals surface area (Å²) in [5.41, 5.74) is 3.42. The number of fused-ring (bicyclic) bond motifs is 1. The van der Waals surface area contributed by atoms with Crippen LogP contribution in [0.3, 0.4) is 0 Å². The number of aliphatic imine (C=N–C) groups is 1. The van der Waals surface area contributed by atoms with Gasteiger partial charge in [0.2, 0.25) is 0 Å². The van der Waals surface area contributed by atoms with Gasteiger partial charge in [-0.3, -0.25) is 4.99 Å². The van der Waals surface area contributed by atoms with Crippen molar-refractivity contribution in [3.8, 4) is 0 Å². The van der Waals surface area contributed by atoms with E-state index in [1.165, 1.54) is 7.11 Å². The Morgan fingerprint density at radius 1 is 1.38 bits per heavy atom. The number of benzene rings is 1. The van der Waals surface area contributed by atoms with Crippen LogP contribution in [-0.2, 0) is 9.53 Å². The molecule has 3 nitrogen and oxygen atoms in total. The lowest BCUT2D eigenvalue weighted by Crippen LogP contribution is -2.07. The van der Waals surface area contributed by atoms with Gasteiger partial charge in [0, 0.05) is 23.3 Å². The molecule has 0 bridgehead atoms. The third-order valence-corrected chi connectivity index (χ3v) is 2.47. The molecule has 1 heterocycles. The Morgan fingerprint density at radius 2 is 2.12 bits per heavy atom. The quantitative estimate of drug-likeness (QED) is 0.675. The van der Waals surface area contributed by atoms with E-state index < -0.39 is 0 Å². The highest BCUT2D eigenvalue weighted by molar-refractivity contribution is 6.03. The molecule has 0 saturated heterocycles. The van der Waals surface area contributed by atoms with Crippen molar-refractivity contribution in [2.24, 2.45) is 4.99 Å². The van der Waals surface area contributed by atoms with Crippen LogP contribution in [0.1, 0.15) is 18.9 Å². The van der Waals surface area contributed by atoms with E-state index in [0.717, 1.165) is 17.0 Å². The van der Waals surface area contributed by atoms with E-state index in [1.807, 2.05) is 37.3 Å². The van der Waals surface area contributed by atoms with Crippen LogP contribution < -0.4 is 0 Å².